The van der Waals surface area contributed by atoms with Gasteiger partial charge in [-0.3, -0.25) is 9.48 Å². The second-order valence-electron chi connectivity index (χ2n) is 6.13. The first-order chi connectivity index (χ1) is 13.5. The first kappa shape index (κ1) is 20.4. The Morgan fingerprint density at radius 2 is 1.59 bits per heavy atom. The van der Waals surface area contributed by atoms with E-state index < -0.39 is 35.0 Å². The first-order valence-corrected chi connectivity index (χ1v) is 8.15. The number of halogens is 6. The van der Waals surface area contributed by atoms with Crippen LogP contribution in [0.1, 0.15) is 21.5 Å². The predicted molar refractivity (Wildman–Crippen MR) is 93.0 cm³/mol. The minimum absolute atomic E-state index is 0.0637. The van der Waals surface area contributed by atoms with Crippen molar-refractivity contribution >= 4 is 11.6 Å². The zero-order chi connectivity index (χ0) is 21.4. The number of rotatable bonds is 3. The number of amides is 1. The molecule has 1 amide bonds. The summed E-state index contributed by atoms with van der Waals surface area (Å²) in [5.41, 5.74) is -4.40. The fourth-order valence-electron chi connectivity index (χ4n) is 2.88. The van der Waals surface area contributed by atoms with E-state index in [0.29, 0.717) is 6.07 Å². The molecule has 3 rings (SSSR count). The molecule has 3 aromatic rings. The van der Waals surface area contributed by atoms with E-state index in [-0.39, 0.29) is 16.8 Å². The van der Waals surface area contributed by atoms with Crippen LogP contribution >= 0.6 is 0 Å². The Hall–Kier alpha value is -3.30. The number of carbonyl (C=O) groups excluding carboxylic acids is 1. The number of alkyl halides is 6. The molecule has 1 aromatic heterocycles. The maximum Gasteiger partial charge on any atom is 0.417 e. The van der Waals surface area contributed by atoms with Crippen LogP contribution in [-0.4, -0.2) is 15.7 Å². The van der Waals surface area contributed by atoms with E-state index in [2.05, 4.69) is 10.4 Å². The van der Waals surface area contributed by atoms with Crippen LogP contribution in [0.15, 0.2) is 54.9 Å². The van der Waals surface area contributed by atoms with Gasteiger partial charge in [-0.2, -0.15) is 31.4 Å². The summed E-state index contributed by atoms with van der Waals surface area (Å²) in [4.78, 5) is 12.4. The van der Waals surface area contributed by atoms with Gasteiger partial charge in [0.25, 0.3) is 5.91 Å². The summed E-state index contributed by atoms with van der Waals surface area (Å²) < 4.78 is 81.8. The molecular formula is C19H13F6N3O. The van der Waals surface area contributed by atoms with E-state index in [0.717, 1.165) is 12.1 Å². The van der Waals surface area contributed by atoms with Gasteiger partial charge in [0.1, 0.15) is 0 Å². The van der Waals surface area contributed by atoms with Crippen molar-refractivity contribution in [3.63, 3.8) is 0 Å². The summed E-state index contributed by atoms with van der Waals surface area (Å²) >= 11 is 0. The largest absolute Gasteiger partial charge is 0.417 e. The average Bonchev–Trinajstić information content (AvgIpc) is 3.07. The Morgan fingerprint density at radius 3 is 2.17 bits per heavy atom. The number of aromatic nitrogens is 2. The van der Waals surface area contributed by atoms with Gasteiger partial charge in [-0.1, -0.05) is 30.3 Å². The lowest BCUT2D eigenvalue weighted by molar-refractivity contribution is -0.161. The van der Waals surface area contributed by atoms with Gasteiger partial charge in [0.05, 0.1) is 22.9 Å². The van der Waals surface area contributed by atoms with Crippen molar-refractivity contribution in [3.8, 4) is 11.1 Å². The lowest BCUT2D eigenvalue weighted by Gasteiger charge is -2.20. The highest BCUT2D eigenvalue weighted by molar-refractivity contribution is 6.06. The molecule has 0 spiro atoms. The van der Waals surface area contributed by atoms with Crippen molar-refractivity contribution in [1.82, 2.24) is 9.78 Å². The summed E-state index contributed by atoms with van der Waals surface area (Å²) in [5, 5.41) is 6.26. The number of hydrogen-bond donors (Lipinski definition) is 1. The number of benzene rings is 2. The second-order valence-corrected chi connectivity index (χ2v) is 6.13. The molecule has 0 aliphatic heterocycles. The SMILES string of the molecule is Cn1cc(C(=O)Nc2ccccc2-c2cccc(C(F)(F)F)c2C(F)(F)F)cn1. The molecule has 10 heteroatoms. The third kappa shape index (κ3) is 4.25. The van der Waals surface area contributed by atoms with E-state index in [4.69, 9.17) is 0 Å². The first-order valence-electron chi connectivity index (χ1n) is 8.15. The summed E-state index contributed by atoms with van der Waals surface area (Å²) in [6.07, 6.45) is -7.82. The second kappa shape index (κ2) is 7.26. The third-order valence-electron chi connectivity index (χ3n) is 4.09. The molecule has 0 atom stereocenters. The lowest BCUT2D eigenvalue weighted by atomic mass is 9.93. The highest BCUT2D eigenvalue weighted by Gasteiger charge is 2.45. The molecule has 0 aliphatic rings. The molecule has 0 radical (unpaired) electrons. The molecule has 152 valence electrons. The maximum absolute atomic E-state index is 13.6. The van der Waals surface area contributed by atoms with Crippen LogP contribution in [0, 0.1) is 0 Å². The van der Waals surface area contributed by atoms with Crippen LogP contribution in [0.5, 0.6) is 0 Å². The lowest BCUT2D eigenvalue weighted by Crippen LogP contribution is -2.18. The quantitative estimate of drug-likeness (QED) is 0.587. The Bertz CT molecular complexity index is 1050. The molecule has 0 saturated heterocycles. The van der Waals surface area contributed by atoms with Crippen LogP contribution in [0.3, 0.4) is 0 Å². The molecule has 4 nitrogen and oxygen atoms in total. The number of nitrogens with one attached hydrogen (secondary N) is 1. The van der Waals surface area contributed by atoms with Crippen molar-refractivity contribution in [2.24, 2.45) is 7.05 Å². The van der Waals surface area contributed by atoms with Crippen LogP contribution in [-0.2, 0) is 19.4 Å². The fourth-order valence-corrected chi connectivity index (χ4v) is 2.88. The molecule has 2 aromatic carbocycles. The van der Waals surface area contributed by atoms with Gasteiger partial charge < -0.3 is 5.32 Å². The molecular weight excluding hydrogens is 400 g/mol. The number of anilines is 1. The minimum Gasteiger partial charge on any atom is -0.321 e. The number of nitrogens with zero attached hydrogens (tertiary/aromatic N) is 2. The number of aryl methyl sites for hydroxylation is 1. The summed E-state index contributed by atoms with van der Waals surface area (Å²) in [6.45, 7) is 0. The summed E-state index contributed by atoms with van der Waals surface area (Å²) in [5.74, 6) is -0.661. The van der Waals surface area contributed by atoms with Crippen LogP contribution < -0.4 is 5.32 Å². The smallest absolute Gasteiger partial charge is 0.321 e. The van der Waals surface area contributed by atoms with E-state index in [1.807, 2.05) is 0 Å². The molecule has 0 aliphatic carbocycles. The van der Waals surface area contributed by atoms with E-state index >= 15 is 0 Å². The monoisotopic (exact) mass is 413 g/mol. The van der Waals surface area contributed by atoms with Gasteiger partial charge in [-0.05, 0) is 17.7 Å². The van der Waals surface area contributed by atoms with Crippen LogP contribution in [0.25, 0.3) is 11.1 Å². The Balaban J connectivity index is 2.14. The number of hydrogen-bond acceptors (Lipinski definition) is 2. The van der Waals surface area contributed by atoms with Gasteiger partial charge >= 0.3 is 12.4 Å². The Morgan fingerprint density at radius 1 is 0.931 bits per heavy atom. The summed E-state index contributed by atoms with van der Waals surface area (Å²) in [7, 11) is 1.57. The molecule has 0 fully saturated rings. The van der Waals surface area contributed by atoms with Crippen molar-refractivity contribution in [2.75, 3.05) is 5.32 Å². The average molecular weight is 413 g/mol. The van der Waals surface area contributed by atoms with Crippen LogP contribution in [0.4, 0.5) is 32.0 Å². The maximum atomic E-state index is 13.6. The van der Waals surface area contributed by atoms with Crippen molar-refractivity contribution in [2.45, 2.75) is 12.4 Å². The zero-order valence-corrected chi connectivity index (χ0v) is 14.8. The molecule has 29 heavy (non-hydrogen) atoms. The zero-order valence-electron chi connectivity index (χ0n) is 14.8. The molecule has 0 saturated carbocycles. The highest BCUT2D eigenvalue weighted by atomic mass is 19.4. The van der Waals surface area contributed by atoms with E-state index in [1.54, 1.807) is 7.05 Å². The van der Waals surface area contributed by atoms with Crippen LogP contribution in [0.2, 0.25) is 0 Å². The van der Waals surface area contributed by atoms with Gasteiger partial charge in [0.2, 0.25) is 0 Å². The van der Waals surface area contributed by atoms with Gasteiger partial charge in [0.15, 0.2) is 0 Å². The number of carbonyl (C=O) groups is 1. The van der Waals surface area contributed by atoms with Gasteiger partial charge in [-0.15, -0.1) is 0 Å². The molecule has 1 heterocycles. The van der Waals surface area contributed by atoms with Crippen molar-refractivity contribution < 1.29 is 31.1 Å². The predicted octanol–water partition coefficient (Wildman–Crippen LogP) is 5.38. The highest BCUT2D eigenvalue weighted by Crippen LogP contribution is 2.46. The normalized spacial score (nSPS) is 12.1. The Kier molecular flexibility index (Phi) is 5.12. The number of para-hydroxylation sites is 1. The molecule has 0 bridgehead atoms. The van der Waals surface area contributed by atoms with E-state index in [1.165, 1.54) is 41.3 Å². The van der Waals surface area contributed by atoms with Crippen molar-refractivity contribution in [1.29, 1.82) is 0 Å². The summed E-state index contributed by atoms with van der Waals surface area (Å²) in [6, 6.07) is 7.55. The fraction of sp³-hybridized carbons (Fsp3) is 0.158. The van der Waals surface area contributed by atoms with Crippen molar-refractivity contribution in [3.05, 3.63) is 71.5 Å². The Labute approximate surface area is 160 Å². The topological polar surface area (TPSA) is 46.9 Å². The standard InChI is InChI=1S/C19H13F6N3O/c1-28-10-11(9-26-28)17(29)27-15-8-3-2-5-12(15)13-6-4-7-14(18(20,21)22)16(13)19(23,24)25/h2-10H,1H3,(H,27,29). The minimum atomic E-state index is -5.26. The van der Waals surface area contributed by atoms with E-state index in [9.17, 15) is 31.1 Å². The molecule has 0 unspecified atom stereocenters. The van der Waals surface area contributed by atoms with Gasteiger partial charge in [-0.25, -0.2) is 0 Å². The van der Waals surface area contributed by atoms with Gasteiger partial charge in [0, 0.05) is 24.5 Å². The molecule has 1 N–H and O–H groups in total. The third-order valence-corrected chi connectivity index (χ3v) is 4.09.